The molecular formula is C18H33IN4. The Bertz CT molecular complexity index is 440. The fraction of sp³-hybridized carbons (Fsp3) is 0.611. The van der Waals surface area contributed by atoms with Crippen LogP contribution in [0.25, 0.3) is 0 Å². The Labute approximate surface area is 159 Å². The predicted molar refractivity (Wildman–Crippen MR) is 113 cm³/mol. The fourth-order valence-electron chi connectivity index (χ4n) is 2.13. The van der Waals surface area contributed by atoms with Gasteiger partial charge in [0.1, 0.15) is 0 Å². The molecule has 4 nitrogen and oxygen atoms in total. The third-order valence-corrected chi connectivity index (χ3v) is 3.21. The molecule has 0 bridgehead atoms. The van der Waals surface area contributed by atoms with Gasteiger partial charge in [0.15, 0.2) is 5.96 Å². The molecule has 1 aromatic carbocycles. The number of unbranched alkanes of at least 4 members (excludes halogenated alkanes) is 1. The number of rotatable bonds is 7. The second kappa shape index (κ2) is 11.5. The van der Waals surface area contributed by atoms with Gasteiger partial charge in [-0.05, 0) is 52.7 Å². The highest BCUT2D eigenvalue weighted by Gasteiger charge is 2.11. The van der Waals surface area contributed by atoms with E-state index in [0.29, 0.717) is 0 Å². The van der Waals surface area contributed by atoms with E-state index in [1.165, 1.54) is 5.69 Å². The molecule has 1 aromatic rings. The average molecular weight is 432 g/mol. The fourth-order valence-corrected chi connectivity index (χ4v) is 2.13. The molecule has 0 fully saturated rings. The molecule has 23 heavy (non-hydrogen) atoms. The zero-order valence-electron chi connectivity index (χ0n) is 15.2. The number of aliphatic imine (C=N–C) groups is 1. The van der Waals surface area contributed by atoms with Crippen molar-refractivity contribution in [1.82, 2.24) is 10.6 Å². The van der Waals surface area contributed by atoms with Gasteiger partial charge in [0.25, 0.3) is 0 Å². The molecule has 0 aromatic heterocycles. The number of benzene rings is 1. The molecule has 0 aliphatic rings. The molecule has 1 rings (SSSR count). The van der Waals surface area contributed by atoms with Gasteiger partial charge in [-0.15, -0.1) is 24.0 Å². The van der Waals surface area contributed by atoms with Gasteiger partial charge in [0.05, 0.1) is 0 Å². The first-order valence-corrected chi connectivity index (χ1v) is 8.25. The summed E-state index contributed by atoms with van der Waals surface area (Å²) in [5, 5.41) is 6.70. The maximum Gasteiger partial charge on any atom is 0.191 e. The molecular weight excluding hydrogens is 399 g/mol. The van der Waals surface area contributed by atoms with E-state index in [1.807, 2.05) is 0 Å². The molecule has 2 N–H and O–H groups in total. The normalized spacial score (nSPS) is 11.6. The van der Waals surface area contributed by atoms with Gasteiger partial charge < -0.3 is 15.5 Å². The molecule has 0 saturated carbocycles. The first-order valence-electron chi connectivity index (χ1n) is 8.25. The Morgan fingerprint density at radius 1 is 1.13 bits per heavy atom. The summed E-state index contributed by atoms with van der Waals surface area (Å²) in [5.74, 6) is 0.909. The van der Waals surface area contributed by atoms with Crippen molar-refractivity contribution >= 4 is 35.6 Å². The minimum absolute atomic E-state index is 0. The highest BCUT2D eigenvalue weighted by molar-refractivity contribution is 14.0. The minimum Gasteiger partial charge on any atom is -0.375 e. The quantitative estimate of drug-likeness (QED) is 0.297. The van der Waals surface area contributed by atoms with Crippen LogP contribution in [0.3, 0.4) is 0 Å². The molecule has 0 spiro atoms. The van der Waals surface area contributed by atoms with Crippen LogP contribution in [0.15, 0.2) is 35.3 Å². The number of anilines is 1. The molecule has 0 atom stereocenters. The van der Waals surface area contributed by atoms with Crippen molar-refractivity contribution in [1.29, 1.82) is 0 Å². The number of halogens is 1. The average Bonchev–Trinajstić information content (AvgIpc) is 2.46. The van der Waals surface area contributed by atoms with Crippen LogP contribution in [0.5, 0.6) is 0 Å². The maximum atomic E-state index is 4.64. The Hall–Kier alpha value is -0.980. The summed E-state index contributed by atoms with van der Waals surface area (Å²) in [4.78, 5) is 6.94. The molecule has 5 heteroatoms. The van der Waals surface area contributed by atoms with E-state index < -0.39 is 0 Å². The number of hydrogen-bond acceptors (Lipinski definition) is 2. The molecule has 0 heterocycles. The lowest BCUT2D eigenvalue weighted by Crippen LogP contribution is -2.47. The number of guanidine groups is 1. The number of nitrogens with one attached hydrogen (secondary N) is 2. The Morgan fingerprint density at radius 2 is 1.78 bits per heavy atom. The van der Waals surface area contributed by atoms with Gasteiger partial charge >= 0.3 is 0 Å². The summed E-state index contributed by atoms with van der Waals surface area (Å²) < 4.78 is 0. The van der Waals surface area contributed by atoms with Crippen molar-refractivity contribution in [3.05, 3.63) is 30.3 Å². The van der Waals surface area contributed by atoms with Crippen LogP contribution in [0.4, 0.5) is 5.69 Å². The Balaban J connectivity index is 0.00000484. The Morgan fingerprint density at radius 3 is 2.35 bits per heavy atom. The van der Waals surface area contributed by atoms with Crippen LogP contribution in [-0.4, -0.2) is 38.2 Å². The van der Waals surface area contributed by atoms with E-state index in [9.17, 15) is 0 Å². The standard InChI is InChI=1S/C18H32N4.HI/c1-6-19-17(21-18(2,3)4)20-14-10-11-15-22(5)16-12-8-7-9-13-16;/h7-9,12-13H,6,10-11,14-15H2,1-5H3,(H2,19,20,21);1H. The summed E-state index contributed by atoms with van der Waals surface area (Å²) in [7, 11) is 2.14. The third-order valence-electron chi connectivity index (χ3n) is 3.21. The zero-order chi connectivity index (χ0) is 16.4. The van der Waals surface area contributed by atoms with Gasteiger partial charge in [-0.2, -0.15) is 0 Å². The lowest BCUT2D eigenvalue weighted by atomic mass is 10.1. The molecule has 0 aliphatic carbocycles. The zero-order valence-corrected chi connectivity index (χ0v) is 17.6. The van der Waals surface area contributed by atoms with Crippen molar-refractivity contribution in [2.24, 2.45) is 4.99 Å². The van der Waals surface area contributed by atoms with E-state index >= 15 is 0 Å². The molecule has 0 radical (unpaired) electrons. The second-order valence-corrected chi connectivity index (χ2v) is 6.60. The van der Waals surface area contributed by atoms with Crippen molar-refractivity contribution in [3.63, 3.8) is 0 Å². The molecule has 0 amide bonds. The van der Waals surface area contributed by atoms with Crippen LogP contribution in [0, 0.1) is 0 Å². The third kappa shape index (κ3) is 10.4. The van der Waals surface area contributed by atoms with E-state index in [4.69, 9.17) is 0 Å². The molecule has 0 saturated heterocycles. The van der Waals surface area contributed by atoms with Gasteiger partial charge in [-0.25, -0.2) is 0 Å². The van der Waals surface area contributed by atoms with Gasteiger partial charge in [-0.1, -0.05) is 18.2 Å². The van der Waals surface area contributed by atoms with Crippen molar-refractivity contribution in [3.8, 4) is 0 Å². The number of hydrogen-bond donors (Lipinski definition) is 2. The van der Waals surface area contributed by atoms with E-state index in [0.717, 1.165) is 38.4 Å². The topological polar surface area (TPSA) is 39.7 Å². The second-order valence-electron chi connectivity index (χ2n) is 6.60. The van der Waals surface area contributed by atoms with Gasteiger partial charge in [0, 0.05) is 37.9 Å². The monoisotopic (exact) mass is 432 g/mol. The first-order chi connectivity index (χ1) is 10.4. The van der Waals surface area contributed by atoms with E-state index in [1.54, 1.807) is 0 Å². The maximum absolute atomic E-state index is 4.64. The highest BCUT2D eigenvalue weighted by Crippen LogP contribution is 2.11. The summed E-state index contributed by atoms with van der Waals surface area (Å²) in [6.07, 6.45) is 2.24. The Kier molecular flexibility index (Phi) is 11.0. The van der Waals surface area contributed by atoms with Crippen LogP contribution >= 0.6 is 24.0 Å². The van der Waals surface area contributed by atoms with E-state index in [-0.39, 0.29) is 29.5 Å². The van der Waals surface area contributed by atoms with Crippen LogP contribution in [0.1, 0.15) is 40.5 Å². The number of para-hydroxylation sites is 1. The van der Waals surface area contributed by atoms with Gasteiger partial charge in [0.2, 0.25) is 0 Å². The SMILES string of the molecule is CCNC(=NCCCCN(C)c1ccccc1)NC(C)(C)C.I. The van der Waals surface area contributed by atoms with Crippen molar-refractivity contribution in [2.75, 3.05) is 31.6 Å². The summed E-state index contributed by atoms with van der Waals surface area (Å²) in [5.41, 5.74) is 1.31. The molecule has 0 unspecified atom stereocenters. The minimum atomic E-state index is 0. The largest absolute Gasteiger partial charge is 0.375 e. The predicted octanol–water partition coefficient (Wildman–Crippen LogP) is 3.87. The smallest absolute Gasteiger partial charge is 0.191 e. The van der Waals surface area contributed by atoms with Crippen LogP contribution < -0.4 is 15.5 Å². The first kappa shape index (κ1) is 22.0. The highest BCUT2D eigenvalue weighted by atomic mass is 127. The van der Waals surface area contributed by atoms with Gasteiger partial charge in [-0.3, -0.25) is 4.99 Å². The van der Waals surface area contributed by atoms with Crippen molar-refractivity contribution < 1.29 is 0 Å². The lowest BCUT2D eigenvalue weighted by Gasteiger charge is -2.23. The van der Waals surface area contributed by atoms with Crippen LogP contribution in [-0.2, 0) is 0 Å². The molecule has 0 aliphatic heterocycles. The summed E-state index contributed by atoms with van der Waals surface area (Å²) in [6.45, 7) is 11.3. The van der Waals surface area contributed by atoms with Crippen LogP contribution in [0.2, 0.25) is 0 Å². The van der Waals surface area contributed by atoms with Crippen molar-refractivity contribution in [2.45, 2.75) is 46.1 Å². The lowest BCUT2D eigenvalue weighted by molar-refractivity contribution is 0.501. The molecule has 132 valence electrons. The van der Waals surface area contributed by atoms with E-state index in [2.05, 4.69) is 85.6 Å². The number of nitrogens with zero attached hydrogens (tertiary/aromatic N) is 2. The summed E-state index contributed by atoms with van der Waals surface area (Å²) >= 11 is 0. The summed E-state index contributed by atoms with van der Waals surface area (Å²) in [6, 6.07) is 10.5.